The second kappa shape index (κ2) is 9.91. The van der Waals surface area contributed by atoms with E-state index in [0.717, 1.165) is 6.21 Å². The van der Waals surface area contributed by atoms with Crippen molar-refractivity contribution in [1.29, 1.82) is 0 Å². The van der Waals surface area contributed by atoms with E-state index in [0.29, 0.717) is 16.9 Å². The smallest absolute Gasteiger partial charge is 0.424 e. The number of nitrogens with zero attached hydrogens (tertiary/aromatic N) is 1. The quantitative estimate of drug-likeness (QED) is 0.454. The number of halogens is 3. The number of carbonyl (C=O) groups excluding carboxylic acids is 1. The zero-order chi connectivity index (χ0) is 21.3. The fraction of sp³-hybridized carbons (Fsp3) is 0.273. The number of esters is 1. The number of methoxy groups -OCH3 is 1. The summed E-state index contributed by atoms with van der Waals surface area (Å²) in [5.74, 6) is -0.801. The molecule has 0 radical (unpaired) electrons. The molecule has 4 nitrogen and oxygen atoms in total. The molecule has 1 atom stereocenters. The first-order valence-electron chi connectivity index (χ1n) is 8.97. The van der Waals surface area contributed by atoms with Crippen LogP contribution in [0.4, 0.5) is 13.2 Å². The molecular formula is C22H22F3NO3. The first-order valence-corrected chi connectivity index (χ1v) is 8.97. The van der Waals surface area contributed by atoms with Gasteiger partial charge in [0.1, 0.15) is 5.75 Å². The molecule has 7 heteroatoms. The fourth-order valence-corrected chi connectivity index (χ4v) is 2.55. The first kappa shape index (κ1) is 22.2. The number of alkyl halides is 3. The van der Waals surface area contributed by atoms with Gasteiger partial charge in [0, 0.05) is 12.6 Å². The second-order valence-electron chi connectivity index (χ2n) is 6.13. The molecule has 0 fully saturated rings. The Morgan fingerprint density at radius 1 is 1.03 bits per heavy atom. The van der Waals surface area contributed by atoms with Gasteiger partial charge in [-0.1, -0.05) is 54.6 Å². The van der Waals surface area contributed by atoms with E-state index in [2.05, 4.69) is 4.99 Å². The van der Waals surface area contributed by atoms with Gasteiger partial charge in [-0.05, 0) is 30.2 Å². The Morgan fingerprint density at radius 2 is 1.69 bits per heavy atom. The molecule has 0 aliphatic heterocycles. The van der Waals surface area contributed by atoms with Crippen molar-refractivity contribution in [3.05, 3.63) is 71.8 Å². The van der Waals surface area contributed by atoms with Crippen molar-refractivity contribution in [1.82, 2.24) is 0 Å². The fourth-order valence-electron chi connectivity index (χ4n) is 2.55. The molecule has 0 saturated heterocycles. The third-order valence-electron chi connectivity index (χ3n) is 4.16. The molecule has 0 saturated carbocycles. The Morgan fingerprint density at radius 3 is 2.24 bits per heavy atom. The maximum Gasteiger partial charge on any atom is 0.424 e. The third-order valence-corrected chi connectivity index (χ3v) is 4.16. The van der Waals surface area contributed by atoms with E-state index in [1.54, 1.807) is 54.6 Å². The molecule has 29 heavy (non-hydrogen) atoms. The van der Waals surface area contributed by atoms with Crippen LogP contribution in [0.2, 0.25) is 0 Å². The van der Waals surface area contributed by atoms with E-state index < -0.39 is 24.1 Å². The number of hydrogen-bond donors (Lipinski definition) is 0. The zero-order valence-electron chi connectivity index (χ0n) is 16.1. The average Bonchev–Trinajstić information content (AvgIpc) is 2.71. The van der Waals surface area contributed by atoms with Crippen LogP contribution in [0.1, 0.15) is 24.5 Å². The number of ether oxygens (including phenoxy) is 2. The summed E-state index contributed by atoms with van der Waals surface area (Å²) in [6.07, 6.45) is -1.81. The van der Waals surface area contributed by atoms with E-state index in [-0.39, 0.29) is 6.61 Å². The minimum atomic E-state index is -4.94. The lowest BCUT2D eigenvalue weighted by Gasteiger charge is -2.28. The van der Waals surface area contributed by atoms with Crippen LogP contribution in [0.15, 0.2) is 65.7 Å². The van der Waals surface area contributed by atoms with Gasteiger partial charge in [-0.15, -0.1) is 0 Å². The summed E-state index contributed by atoms with van der Waals surface area (Å²) in [6, 6.07) is 15.0. The minimum absolute atomic E-state index is 0.181. The highest BCUT2D eigenvalue weighted by molar-refractivity contribution is 5.88. The third kappa shape index (κ3) is 5.70. The summed E-state index contributed by atoms with van der Waals surface area (Å²) in [7, 11) is 1.52. The predicted molar refractivity (Wildman–Crippen MR) is 106 cm³/mol. The van der Waals surface area contributed by atoms with Crippen LogP contribution in [0, 0.1) is 0 Å². The van der Waals surface area contributed by atoms with Crippen molar-refractivity contribution in [3.63, 3.8) is 0 Å². The molecule has 0 aromatic heterocycles. The van der Waals surface area contributed by atoms with Crippen molar-refractivity contribution in [2.75, 3.05) is 13.7 Å². The summed E-state index contributed by atoms with van der Waals surface area (Å²) in [6.45, 7) is 1.27. The Kier molecular flexibility index (Phi) is 7.59. The number of hydrogen-bond acceptors (Lipinski definition) is 4. The van der Waals surface area contributed by atoms with Crippen molar-refractivity contribution in [3.8, 4) is 5.75 Å². The average molecular weight is 405 g/mol. The summed E-state index contributed by atoms with van der Waals surface area (Å²) in [5.41, 5.74) is -1.91. The molecule has 2 rings (SSSR count). The van der Waals surface area contributed by atoms with Crippen LogP contribution in [0.3, 0.4) is 0 Å². The number of aliphatic imine (C=N–C) groups is 1. The molecular weight excluding hydrogens is 383 g/mol. The van der Waals surface area contributed by atoms with Gasteiger partial charge in [-0.3, -0.25) is 4.99 Å². The van der Waals surface area contributed by atoms with Gasteiger partial charge in [0.25, 0.3) is 5.54 Å². The largest absolute Gasteiger partial charge is 0.497 e. The van der Waals surface area contributed by atoms with E-state index in [4.69, 9.17) is 9.47 Å². The second-order valence-corrected chi connectivity index (χ2v) is 6.13. The van der Waals surface area contributed by atoms with Crippen LogP contribution in [0.25, 0.3) is 6.08 Å². The lowest BCUT2D eigenvalue weighted by atomic mass is 9.94. The molecule has 0 heterocycles. The van der Waals surface area contributed by atoms with E-state index in [1.807, 2.05) is 0 Å². The van der Waals surface area contributed by atoms with E-state index in [1.165, 1.54) is 26.2 Å². The van der Waals surface area contributed by atoms with Crippen LogP contribution in [0.5, 0.6) is 5.75 Å². The standard InChI is InChI=1S/C22H22F3NO3/c1-3-29-20(27)21(22(23,24)25,26-16-18-8-5-4-6-9-18)15-7-10-17-11-13-19(28-2)14-12-17/h4-14,16H,3,15H2,1-2H3/b10-7+,26-16?. The van der Waals surface area contributed by atoms with Crippen LogP contribution in [-0.4, -0.2) is 37.6 Å². The van der Waals surface area contributed by atoms with Gasteiger partial charge in [0.05, 0.1) is 13.7 Å². The van der Waals surface area contributed by atoms with E-state index in [9.17, 15) is 18.0 Å². The monoisotopic (exact) mass is 405 g/mol. The highest BCUT2D eigenvalue weighted by Gasteiger charge is 2.61. The van der Waals surface area contributed by atoms with Gasteiger partial charge in [0.2, 0.25) is 0 Å². The van der Waals surface area contributed by atoms with Crippen molar-refractivity contribution in [2.45, 2.75) is 25.1 Å². The topological polar surface area (TPSA) is 47.9 Å². The lowest BCUT2D eigenvalue weighted by Crippen LogP contribution is -2.51. The normalized spacial score (nSPS) is 14.1. The highest BCUT2D eigenvalue weighted by atomic mass is 19.4. The molecule has 0 aliphatic carbocycles. The SMILES string of the molecule is CCOC(=O)C(C/C=C/c1ccc(OC)cc1)(N=Cc1ccccc1)C(F)(F)F. The number of rotatable bonds is 8. The molecule has 0 aliphatic rings. The summed E-state index contributed by atoms with van der Waals surface area (Å²) in [5, 5.41) is 0. The predicted octanol–water partition coefficient (Wildman–Crippen LogP) is 5.08. The molecule has 2 aromatic rings. The minimum Gasteiger partial charge on any atom is -0.497 e. The highest BCUT2D eigenvalue weighted by Crippen LogP contribution is 2.38. The Balaban J connectivity index is 2.36. The van der Waals surface area contributed by atoms with Crippen LogP contribution in [-0.2, 0) is 9.53 Å². The van der Waals surface area contributed by atoms with Crippen molar-refractivity contribution < 1.29 is 27.4 Å². The van der Waals surface area contributed by atoms with Gasteiger partial charge in [-0.25, -0.2) is 4.79 Å². The molecule has 0 N–H and O–H groups in total. The van der Waals surface area contributed by atoms with E-state index >= 15 is 0 Å². The molecule has 0 spiro atoms. The number of benzene rings is 2. The molecule has 1 unspecified atom stereocenters. The van der Waals surface area contributed by atoms with Gasteiger partial charge < -0.3 is 9.47 Å². The Labute approximate surface area is 167 Å². The van der Waals surface area contributed by atoms with Crippen molar-refractivity contribution >= 4 is 18.3 Å². The Hall–Kier alpha value is -3.09. The van der Waals surface area contributed by atoms with Crippen LogP contribution >= 0.6 is 0 Å². The molecule has 154 valence electrons. The van der Waals surface area contributed by atoms with Gasteiger partial charge in [-0.2, -0.15) is 13.2 Å². The van der Waals surface area contributed by atoms with Crippen LogP contribution < -0.4 is 4.74 Å². The summed E-state index contributed by atoms with van der Waals surface area (Å²) in [4.78, 5) is 16.0. The van der Waals surface area contributed by atoms with Crippen molar-refractivity contribution in [2.24, 2.45) is 4.99 Å². The molecule has 0 amide bonds. The van der Waals surface area contributed by atoms with Gasteiger partial charge >= 0.3 is 12.1 Å². The Bertz CT molecular complexity index is 846. The maximum absolute atomic E-state index is 14.0. The zero-order valence-corrected chi connectivity index (χ0v) is 16.1. The molecule has 2 aromatic carbocycles. The van der Waals surface area contributed by atoms with Gasteiger partial charge in [0.15, 0.2) is 0 Å². The lowest BCUT2D eigenvalue weighted by molar-refractivity contribution is -0.204. The number of carbonyl (C=O) groups is 1. The first-order chi connectivity index (χ1) is 13.8. The summed E-state index contributed by atoms with van der Waals surface area (Å²) < 4.78 is 51.8. The summed E-state index contributed by atoms with van der Waals surface area (Å²) >= 11 is 0. The maximum atomic E-state index is 14.0. The molecule has 0 bridgehead atoms.